The monoisotopic (exact) mass is 501 g/mol. The van der Waals surface area contributed by atoms with Crippen molar-refractivity contribution in [2.45, 2.75) is 18.8 Å². The van der Waals surface area contributed by atoms with Gasteiger partial charge in [-0.25, -0.2) is 0 Å². The Morgan fingerprint density at radius 3 is 2.05 bits per heavy atom. The van der Waals surface area contributed by atoms with E-state index < -0.39 is 0 Å². The number of rotatable bonds is 4. The number of hydrogen-bond acceptors (Lipinski definition) is 1. The molecule has 0 amide bonds. The first-order valence-corrected chi connectivity index (χ1v) is 13.9. The Morgan fingerprint density at radius 1 is 0.590 bits per heavy atom. The predicted molar refractivity (Wildman–Crippen MR) is 166 cm³/mol. The molecule has 1 atom stereocenters. The Balaban J connectivity index is 1.36. The normalized spacial score (nSPS) is 14.3. The lowest BCUT2D eigenvalue weighted by Gasteiger charge is -2.21. The minimum absolute atomic E-state index is 0.378. The van der Waals surface area contributed by atoms with E-state index in [1.165, 1.54) is 61.1 Å². The maximum atomic E-state index is 2.44. The van der Waals surface area contributed by atoms with Crippen LogP contribution in [0.1, 0.15) is 29.0 Å². The van der Waals surface area contributed by atoms with Gasteiger partial charge in [-0.2, -0.15) is 0 Å². The van der Waals surface area contributed by atoms with E-state index in [4.69, 9.17) is 0 Å². The lowest BCUT2D eigenvalue weighted by molar-refractivity contribution is 0.726. The average molecular weight is 502 g/mol. The van der Waals surface area contributed by atoms with E-state index in [1.54, 1.807) is 0 Å². The molecule has 1 aliphatic rings. The highest BCUT2D eigenvalue weighted by Crippen LogP contribution is 2.45. The van der Waals surface area contributed by atoms with Crippen LogP contribution in [-0.2, 0) is 6.42 Å². The van der Waals surface area contributed by atoms with Crippen LogP contribution in [0, 0.1) is 0 Å². The number of benzene rings is 6. The summed E-state index contributed by atoms with van der Waals surface area (Å²) in [5.41, 5.74) is 11.9. The first-order chi connectivity index (χ1) is 19.3. The third-order valence-electron chi connectivity index (χ3n) is 8.35. The fourth-order valence-corrected chi connectivity index (χ4v) is 6.26. The van der Waals surface area contributed by atoms with E-state index in [1.807, 2.05) is 0 Å². The number of fused-ring (bicyclic) bond motifs is 5. The number of nitrogens with zero attached hydrogens (tertiary/aromatic N) is 1. The van der Waals surface area contributed by atoms with Gasteiger partial charge in [0, 0.05) is 24.3 Å². The Morgan fingerprint density at radius 2 is 1.26 bits per heavy atom. The van der Waals surface area contributed by atoms with Gasteiger partial charge in [-0.15, -0.1) is 0 Å². The second kappa shape index (κ2) is 9.93. The minimum atomic E-state index is 0.378. The van der Waals surface area contributed by atoms with Gasteiger partial charge >= 0.3 is 0 Å². The molecule has 0 radical (unpaired) electrons. The van der Waals surface area contributed by atoms with Gasteiger partial charge in [0.15, 0.2) is 0 Å². The third-order valence-corrected chi connectivity index (χ3v) is 8.35. The van der Waals surface area contributed by atoms with E-state index in [0.29, 0.717) is 5.92 Å². The fourth-order valence-electron chi connectivity index (χ4n) is 6.26. The van der Waals surface area contributed by atoms with Crippen molar-refractivity contribution < 1.29 is 0 Å². The maximum absolute atomic E-state index is 2.44. The zero-order valence-electron chi connectivity index (χ0n) is 22.2. The second-order valence-electron chi connectivity index (χ2n) is 10.6. The van der Waals surface area contributed by atoms with E-state index in [2.05, 4.69) is 151 Å². The number of aryl methyl sites for hydroxylation is 1. The van der Waals surface area contributed by atoms with Gasteiger partial charge in [0.05, 0.1) is 0 Å². The van der Waals surface area contributed by atoms with Gasteiger partial charge in [-0.05, 0) is 92.9 Å². The quantitative estimate of drug-likeness (QED) is 0.232. The van der Waals surface area contributed by atoms with E-state index in [-0.39, 0.29) is 0 Å². The topological polar surface area (TPSA) is 3.24 Å². The highest BCUT2D eigenvalue weighted by molar-refractivity contribution is 6.00. The van der Waals surface area contributed by atoms with Gasteiger partial charge in [-0.3, -0.25) is 0 Å². The van der Waals surface area contributed by atoms with E-state index >= 15 is 0 Å². The van der Waals surface area contributed by atoms with Crippen molar-refractivity contribution in [3.05, 3.63) is 156 Å². The van der Waals surface area contributed by atoms with Crippen molar-refractivity contribution in [2.24, 2.45) is 0 Å². The van der Waals surface area contributed by atoms with Crippen LogP contribution >= 0.6 is 0 Å². The zero-order chi connectivity index (χ0) is 26.2. The lowest BCUT2D eigenvalue weighted by Crippen LogP contribution is -2.08. The van der Waals surface area contributed by atoms with E-state index in [9.17, 15) is 0 Å². The molecule has 0 aromatic heterocycles. The molecular formula is C38H31N. The Kier molecular flexibility index (Phi) is 5.98. The summed E-state index contributed by atoms with van der Waals surface area (Å²) in [7, 11) is 2.12. The Bertz CT molecular complexity index is 1750. The van der Waals surface area contributed by atoms with Crippen LogP contribution in [0.4, 0.5) is 11.4 Å². The number of hydrogen-bond donors (Lipinski definition) is 0. The van der Waals surface area contributed by atoms with Crippen LogP contribution < -0.4 is 4.90 Å². The highest BCUT2D eigenvalue weighted by atomic mass is 15.1. The summed E-state index contributed by atoms with van der Waals surface area (Å²) in [6, 6.07) is 51.2. The Labute approximate surface area is 231 Å². The van der Waals surface area contributed by atoms with Crippen LogP contribution in [0.3, 0.4) is 0 Å². The van der Waals surface area contributed by atoms with Crippen molar-refractivity contribution in [1.82, 2.24) is 0 Å². The molecule has 6 aromatic carbocycles. The minimum Gasteiger partial charge on any atom is -0.345 e. The van der Waals surface area contributed by atoms with Crippen molar-refractivity contribution in [3.8, 4) is 22.3 Å². The molecule has 0 aliphatic heterocycles. The fraction of sp³-hybridized carbons (Fsp3) is 0.105. The lowest BCUT2D eigenvalue weighted by atomic mass is 9.84. The number of para-hydroxylation sites is 1. The van der Waals surface area contributed by atoms with Crippen molar-refractivity contribution in [2.75, 3.05) is 11.9 Å². The molecule has 0 fully saturated rings. The highest BCUT2D eigenvalue weighted by Gasteiger charge is 2.25. The van der Waals surface area contributed by atoms with Crippen molar-refractivity contribution in [1.29, 1.82) is 0 Å². The summed E-state index contributed by atoms with van der Waals surface area (Å²) < 4.78 is 0. The predicted octanol–water partition coefficient (Wildman–Crippen LogP) is 10.0. The second-order valence-corrected chi connectivity index (χ2v) is 10.6. The summed E-state index contributed by atoms with van der Waals surface area (Å²) in [6.45, 7) is 0. The first-order valence-electron chi connectivity index (χ1n) is 13.9. The molecule has 0 heterocycles. The zero-order valence-corrected chi connectivity index (χ0v) is 22.2. The van der Waals surface area contributed by atoms with Crippen LogP contribution in [-0.4, -0.2) is 7.05 Å². The van der Waals surface area contributed by atoms with Crippen molar-refractivity contribution >= 4 is 22.1 Å². The molecule has 188 valence electrons. The van der Waals surface area contributed by atoms with Gasteiger partial charge in [0.25, 0.3) is 0 Å². The van der Waals surface area contributed by atoms with Crippen LogP contribution in [0.2, 0.25) is 0 Å². The average Bonchev–Trinajstić information content (AvgIpc) is 3.18. The molecule has 0 saturated heterocycles. The van der Waals surface area contributed by atoms with Gasteiger partial charge in [0.2, 0.25) is 0 Å². The standard InChI is InChI=1S/C38H31N/c1-39(32-13-6-3-7-14-32)33-22-18-27(19-23-33)31-21-25-36-34(28-10-4-2-5-11-28)24-20-30-17-16-29-12-8-9-15-35(29)38(30)37(36)26-31/h2-19,21-23,25-26,34H,20,24H2,1H3/t34-/m0/s1. The Hall–Kier alpha value is -4.62. The molecular weight excluding hydrogens is 470 g/mol. The summed E-state index contributed by atoms with van der Waals surface area (Å²) in [6.07, 6.45) is 2.19. The SMILES string of the molecule is CN(c1ccccc1)c1ccc(-c2ccc3c(c2)-c2c(ccc4ccccc24)CC[C@H]3c2ccccc2)cc1. The molecule has 7 rings (SSSR count). The molecule has 0 saturated carbocycles. The van der Waals surface area contributed by atoms with Gasteiger partial charge < -0.3 is 4.90 Å². The summed E-state index contributed by atoms with van der Waals surface area (Å²) in [5, 5.41) is 2.65. The van der Waals surface area contributed by atoms with Gasteiger partial charge in [-0.1, -0.05) is 109 Å². The smallest absolute Gasteiger partial charge is 0.0408 e. The molecule has 1 nitrogen and oxygen atoms in total. The summed E-state index contributed by atoms with van der Waals surface area (Å²) >= 11 is 0. The maximum Gasteiger partial charge on any atom is 0.0408 e. The van der Waals surface area contributed by atoms with Crippen LogP contribution in [0.5, 0.6) is 0 Å². The summed E-state index contributed by atoms with van der Waals surface area (Å²) in [4.78, 5) is 2.23. The molecule has 1 heteroatoms. The molecule has 39 heavy (non-hydrogen) atoms. The molecule has 0 N–H and O–H groups in total. The van der Waals surface area contributed by atoms with Crippen LogP contribution in [0.25, 0.3) is 33.0 Å². The largest absolute Gasteiger partial charge is 0.345 e. The molecule has 0 bridgehead atoms. The van der Waals surface area contributed by atoms with E-state index in [0.717, 1.165) is 12.8 Å². The molecule has 0 unspecified atom stereocenters. The van der Waals surface area contributed by atoms with Gasteiger partial charge in [0.1, 0.15) is 0 Å². The molecule has 6 aromatic rings. The summed E-state index contributed by atoms with van der Waals surface area (Å²) in [5.74, 6) is 0.378. The van der Waals surface area contributed by atoms with Crippen molar-refractivity contribution in [3.63, 3.8) is 0 Å². The first kappa shape index (κ1) is 23.5. The van der Waals surface area contributed by atoms with Crippen LogP contribution in [0.15, 0.2) is 140 Å². The molecule has 0 spiro atoms. The number of anilines is 2. The third kappa shape index (κ3) is 4.30. The molecule has 1 aliphatic carbocycles.